The highest BCUT2D eigenvalue weighted by atomic mass is 15.3. The molecule has 0 spiro atoms. The molecule has 0 saturated carbocycles. The summed E-state index contributed by atoms with van der Waals surface area (Å²) in [5, 5.41) is 3.70. The maximum absolute atomic E-state index is 3.70. The first-order chi connectivity index (χ1) is 6.93. The van der Waals surface area contributed by atoms with Crippen molar-refractivity contribution in [1.82, 2.24) is 10.2 Å². The van der Waals surface area contributed by atoms with Crippen molar-refractivity contribution in [2.24, 2.45) is 0 Å². The number of unbranched alkanes of at least 4 members (excludes halogenated alkanes) is 1. The second kappa shape index (κ2) is 4.84. The van der Waals surface area contributed by atoms with Crippen LogP contribution in [0.15, 0.2) is 0 Å². The van der Waals surface area contributed by atoms with Gasteiger partial charge in [0.25, 0.3) is 0 Å². The molecule has 0 aliphatic carbocycles. The van der Waals surface area contributed by atoms with E-state index in [9.17, 15) is 0 Å². The molecule has 1 N–H and O–H groups in total. The highest BCUT2D eigenvalue weighted by molar-refractivity contribution is 4.98. The van der Waals surface area contributed by atoms with E-state index < -0.39 is 0 Å². The summed E-state index contributed by atoms with van der Waals surface area (Å²) in [6.07, 6.45) is 3.83. The van der Waals surface area contributed by atoms with E-state index in [1.165, 1.54) is 32.4 Å². The van der Waals surface area contributed by atoms with Gasteiger partial charge in [-0.05, 0) is 40.2 Å². The van der Waals surface area contributed by atoms with Crippen molar-refractivity contribution in [1.29, 1.82) is 0 Å². The van der Waals surface area contributed by atoms with Crippen LogP contribution in [0.1, 0.15) is 53.9 Å². The van der Waals surface area contributed by atoms with E-state index >= 15 is 0 Å². The Hall–Kier alpha value is -0.0800. The molecule has 2 heteroatoms. The third kappa shape index (κ3) is 3.18. The second-order valence-corrected chi connectivity index (χ2v) is 5.86. The molecule has 0 bridgehead atoms. The van der Waals surface area contributed by atoms with Gasteiger partial charge in [0.05, 0.1) is 0 Å². The fourth-order valence-corrected chi connectivity index (χ4v) is 2.20. The molecular weight excluding hydrogens is 184 g/mol. The van der Waals surface area contributed by atoms with Gasteiger partial charge in [-0.2, -0.15) is 0 Å². The van der Waals surface area contributed by atoms with Gasteiger partial charge in [-0.15, -0.1) is 0 Å². The summed E-state index contributed by atoms with van der Waals surface area (Å²) in [5.74, 6) is 0. The van der Waals surface area contributed by atoms with Crippen LogP contribution in [-0.2, 0) is 0 Å². The number of hydrogen-bond acceptors (Lipinski definition) is 2. The van der Waals surface area contributed by atoms with Crippen molar-refractivity contribution in [3.8, 4) is 0 Å². The minimum absolute atomic E-state index is 0.323. The van der Waals surface area contributed by atoms with Gasteiger partial charge in [0.15, 0.2) is 0 Å². The molecule has 0 amide bonds. The summed E-state index contributed by atoms with van der Waals surface area (Å²) in [5.41, 5.74) is 0.646. The van der Waals surface area contributed by atoms with Gasteiger partial charge in [-0.3, -0.25) is 4.90 Å². The van der Waals surface area contributed by atoms with E-state index in [1.807, 2.05) is 0 Å². The van der Waals surface area contributed by atoms with Crippen molar-refractivity contribution in [3.63, 3.8) is 0 Å². The van der Waals surface area contributed by atoms with Gasteiger partial charge in [0.1, 0.15) is 0 Å². The molecule has 1 fully saturated rings. The molecule has 1 atom stereocenters. The Morgan fingerprint density at radius 3 is 2.40 bits per heavy atom. The topological polar surface area (TPSA) is 15.3 Å². The summed E-state index contributed by atoms with van der Waals surface area (Å²) in [6, 6.07) is 0. The predicted octanol–water partition coefficient (Wildman–Crippen LogP) is 2.64. The van der Waals surface area contributed by atoms with E-state index in [2.05, 4.69) is 44.8 Å². The van der Waals surface area contributed by atoms with Crippen molar-refractivity contribution in [3.05, 3.63) is 0 Å². The largest absolute Gasteiger partial charge is 0.308 e. The number of rotatable bonds is 4. The zero-order valence-corrected chi connectivity index (χ0v) is 11.2. The van der Waals surface area contributed by atoms with Crippen molar-refractivity contribution < 1.29 is 0 Å². The fourth-order valence-electron chi connectivity index (χ4n) is 2.20. The van der Waals surface area contributed by atoms with E-state index in [-0.39, 0.29) is 0 Å². The Kier molecular flexibility index (Phi) is 4.19. The quantitative estimate of drug-likeness (QED) is 0.770. The Bertz CT molecular complexity index is 201. The first-order valence-corrected chi connectivity index (χ1v) is 6.43. The molecule has 1 aliphatic rings. The summed E-state index contributed by atoms with van der Waals surface area (Å²) < 4.78 is 0. The monoisotopic (exact) mass is 212 g/mol. The molecule has 15 heavy (non-hydrogen) atoms. The van der Waals surface area contributed by atoms with Gasteiger partial charge >= 0.3 is 0 Å². The summed E-state index contributed by atoms with van der Waals surface area (Å²) >= 11 is 0. The summed E-state index contributed by atoms with van der Waals surface area (Å²) in [7, 11) is 0. The summed E-state index contributed by atoms with van der Waals surface area (Å²) in [6.45, 7) is 15.2. The number of nitrogens with zero attached hydrogens (tertiary/aromatic N) is 1. The Morgan fingerprint density at radius 1 is 1.20 bits per heavy atom. The standard InChI is InChI=1S/C13H28N2/c1-6-8-9-15-11-13(5,7-2)14-10-12(15,3)4/h14H,6-11H2,1-5H3. The lowest BCUT2D eigenvalue weighted by atomic mass is 9.88. The van der Waals surface area contributed by atoms with Gasteiger partial charge < -0.3 is 5.32 Å². The SMILES string of the molecule is CCCCN1CC(C)(CC)NCC1(C)C. The third-order valence-electron chi connectivity index (χ3n) is 3.91. The minimum atomic E-state index is 0.323. The number of hydrogen-bond donors (Lipinski definition) is 1. The van der Waals surface area contributed by atoms with Crippen LogP contribution < -0.4 is 5.32 Å². The molecule has 0 aromatic heterocycles. The molecule has 90 valence electrons. The third-order valence-corrected chi connectivity index (χ3v) is 3.91. The molecule has 1 heterocycles. The molecule has 1 unspecified atom stereocenters. The Balaban J connectivity index is 2.62. The average molecular weight is 212 g/mol. The smallest absolute Gasteiger partial charge is 0.0278 e. The van der Waals surface area contributed by atoms with Crippen molar-refractivity contribution in [2.45, 2.75) is 65.0 Å². The van der Waals surface area contributed by atoms with E-state index in [0.29, 0.717) is 11.1 Å². The maximum atomic E-state index is 3.70. The van der Waals surface area contributed by atoms with Crippen LogP contribution in [-0.4, -0.2) is 35.6 Å². The van der Waals surface area contributed by atoms with E-state index in [4.69, 9.17) is 0 Å². The van der Waals surface area contributed by atoms with Crippen LogP contribution in [0.5, 0.6) is 0 Å². The lowest BCUT2D eigenvalue weighted by Crippen LogP contribution is -2.66. The van der Waals surface area contributed by atoms with Crippen LogP contribution in [0.3, 0.4) is 0 Å². The average Bonchev–Trinajstić information content (AvgIpc) is 2.20. The second-order valence-electron chi connectivity index (χ2n) is 5.86. The molecule has 1 aliphatic heterocycles. The van der Waals surface area contributed by atoms with E-state index in [1.54, 1.807) is 0 Å². The minimum Gasteiger partial charge on any atom is -0.308 e. The van der Waals surface area contributed by atoms with Gasteiger partial charge in [-0.25, -0.2) is 0 Å². The molecular formula is C13H28N2. The fraction of sp³-hybridized carbons (Fsp3) is 1.00. The number of nitrogens with one attached hydrogen (secondary N) is 1. The summed E-state index contributed by atoms with van der Waals surface area (Å²) in [4.78, 5) is 2.66. The molecule has 0 aromatic carbocycles. The first-order valence-electron chi connectivity index (χ1n) is 6.43. The van der Waals surface area contributed by atoms with Gasteiger partial charge in [0.2, 0.25) is 0 Å². The van der Waals surface area contributed by atoms with E-state index in [0.717, 1.165) is 6.54 Å². The molecule has 0 aromatic rings. The molecule has 0 radical (unpaired) electrons. The van der Waals surface area contributed by atoms with Gasteiger partial charge in [0, 0.05) is 24.2 Å². The maximum Gasteiger partial charge on any atom is 0.0278 e. The van der Waals surface area contributed by atoms with Crippen LogP contribution in [0, 0.1) is 0 Å². The normalized spacial score (nSPS) is 31.8. The lowest BCUT2D eigenvalue weighted by molar-refractivity contribution is 0.0304. The highest BCUT2D eigenvalue weighted by Gasteiger charge is 2.38. The molecule has 1 rings (SSSR count). The zero-order chi connectivity index (χ0) is 11.5. The highest BCUT2D eigenvalue weighted by Crippen LogP contribution is 2.25. The zero-order valence-electron chi connectivity index (χ0n) is 11.2. The Morgan fingerprint density at radius 2 is 1.87 bits per heavy atom. The predicted molar refractivity (Wildman–Crippen MR) is 67.3 cm³/mol. The van der Waals surface area contributed by atoms with Crippen LogP contribution in [0.25, 0.3) is 0 Å². The Labute approximate surface area is 95.4 Å². The van der Waals surface area contributed by atoms with Gasteiger partial charge in [-0.1, -0.05) is 20.3 Å². The van der Waals surface area contributed by atoms with Crippen LogP contribution in [0.4, 0.5) is 0 Å². The van der Waals surface area contributed by atoms with Crippen molar-refractivity contribution >= 4 is 0 Å². The lowest BCUT2D eigenvalue weighted by Gasteiger charge is -2.50. The van der Waals surface area contributed by atoms with Crippen LogP contribution in [0.2, 0.25) is 0 Å². The first kappa shape index (κ1) is 13.0. The number of piperazine rings is 1. The molecule has 1 saturated heterocycles. The van der Waals surface area contributed by atoms with Crippen LogP contribution >= 0.6 is 0 Å². The molecule has 2 nitrogen and oxygen atoms in total. The van der Waals surface area contributed by atoms with Crippen molar-refractivity contribution in [2.75, 3.05) is 19.6 Å².